The highest BCUT2D eigenvalue weighted by Gasteiger charge is 2.05. The second-order valence-electron chi connectivity index (χ2n) is 4.05. The molecule has 0 amide bonds. The Morgan fingerprint density at radius 2 is 1.26 bits per heavy atom. The number of sulfone groups is 1. The Hall–Kier alpha value is -2.08. The highest BCUT2D eigenvalue weighted by molar-refractivity contribution is 7.90. The Morgan fingerprint density at radius 1 is 0.842 bits per heavy atom. The van der Waals surface area contributed by atoms with E-state index in [2.05, 4.69) is 10.9 Å². The van der Waals surface area contributed by atoms with E-state index in [1.807, 2.05) is 0 Å². The molecule has 0 aliphatic heterocycles. The first-order chi connectivity index (χ1) is 8.95. The predicted molar refractivity (Wildman–Crippen MR) is 73.2 cm³/mol. The van der Waals surface area contributed by atoms with E-state index in [4.69, 9.17) is 0 Å². The first-order valence-corrected chi connectivity index (χ1v) is 7.42. The fourth-order valence-corrected chi connectivity index (χ4v) is 2.09. The molecule has 2 aromatic carbocycles. The van der Waals surface area contributed by atoms with Gasteiger partial charge in [-0.15, -0.1) is 0 Å². The lowest BCUT2D eigenvalue weighted by Gasteiger charge is -2.10. The van der Waals surface area contributed by atoms with Gasteiger partial charge in [0.2, 0.25) is 0 Å². The zero-order chi connectivity index (χ0) is 13.9. The molecule has 0 fully saturated rings. The quantitative estimate of drug-likeness (QED) is 0.845. The van der Waals surface area contributed by atoms with Crippen molar-refractivity contribution in [3.8, 4) is 0 Å². The average Bonchev–Trinajstić information content (AvgIpc) is 2.37. The maximum atomic E-state index is 12.7. The molecule has 0 saturated heterocycles. The minimum absolute atomic E-state index is 0.264. The fraction of sp³-hybridized carbons (Fsp3) is 0.0769. The van der Waals surface area contributed by atoms with Crippen LogP contribution in [-0.2, 0) is 9.84 Å². The van der Waals surface area contributed by atoms with Crippen LogP contribution in [0.1, 0.15) is 0 Å². The molecule has 2 aromatic rings. The van der Waals surface area contributed by atoms with Gasteiger partial charge in [-0.1, -0.05) is 0 Å². The molecule has 0 bridgehead atoms. The van der Waals surface area contributed by atoms with Crippen molar-refractivity contribution in [3.05, 3.63) is 54.3 Å². The van der Waals surface area contributed by atoms with Crippen molar-refractivity contribution >= 4 is 21.2 Å². The molecule has 100 valence electrons. The summed E-state index contributed by atoms with van der Waals surface area (Å²) in [6.07, 6.45) is 1.16. The summed E-state index contributed by atoms with van der Waals surface area (Å²) >= 11 is 0. The number of nitrogens with one attached hydrogen (secondary N) is 2. The van der Waals surface area contributed by atoms with Crippen LogP contribution in [0, 0.1) is 5.82 Å². The maximum absolute atomic E-state index is 12.7. The molecule has 6 heteroatoms. The van der Waals surface area contributed by atoms with Crippen LogP contribution in [0.15, 0.2) is 53.4 Å². The zero-order valence-electron chi connectivity index (χ0n) is 10.2. The third-order valence-corrected chi connectivity index (χ3v) is 3.61. The molecular formula is C13H13FN2O2S. The van der Waals surface area contributed by atoms with Gasteiger partial charge in [0.15, 0.2) is 9.84 Å². The molecule has 0 saturated carbocycles. The van der Waals surface area contributed by atoms with E-state index in [-0.39, 0.29) is 10.7 Å². The van der Waals surface area contributed by atoms with Crippen LogP contribution in [0.25, 0.3) is 0 Å². The number of benzene rings is 2. The molecule has 0 aromatic heterocycles. The Morgan fingerprint density at radius 3 is 1.68 bits per heavy atom. The minimum Gasteiger partial charge on any atom is -0.301 e. The standard InChI is InChI=1S/C13H13FN2O2S/c1-19(17,18)13-8-6-12(7-9-13)16-15-11-4-2-10(14)3-5-11/h2-9,15-16H,1H3. The number of halogens is 1. The maximum Gasteiger partial charge on any atom is 0.175 e. The summed E-state index contributed by atoms with van der Waals surface area (Å²) < 4.78 is 35.3. The number of hydrogen-bond acceptors (Lipinski definition) is 4. The van der Waals surface area contributed by atoms with E-state index >= 15 is 0 Å². The highest BCUT2D eigenvalue weighted by Crippen LogP contribution is 2.15. The Labute approximate surface area is 111 Å². The SMILES string of the molecule is CS(=O)(=O)c1ccc(NNc2ccc(F)cc2)cc1. The molecule has 2 rings (SSSR count). The smallest absolute Gasteiger partial charge is 0.175 e. The van der Waals surface area contributed by atoms with Gasteiger partial charge in [0, 0.05) is 6.26 Å². The van der Waals surface area contributed by atoms with Crippen LogP contribution in [0.3, 0.4) is 0 Å². The first kappa shape index (κ1) is 13.4. The number of anilines is 2. The molecule has 0 spiro atoms. The summed E-state index contributed by atoms with van der Waals surface area (Å²) in [6, 6.07) is 12.2. The Balaban J connectivity index is 2.02. The molecule has 2 N–H and O–H groups in total. The first-order valence-electron chi connectivity index (χ1n) is 5.53. The number of rotatable bonds is 4. The van der Waals surface area contributed by atoms with E-state index in [1.54, 1.807) is 24.3 Å². The van der Waals surface area contributed by atoms with Crippen molar-refractivity contribution in [1.82, 2.24) is 0 Å². The summed E-state index contributed by atoms with van der Waals surface area (Å²) in [6.45, 7) is 0. The van der Waals surface area contributed by atoms with Crippen LogP contribution in [0.4, 0.5) is 15.8 Å². The average molecular weight is 280 g/mol. The number of hydrazine groups is 1. The lowest BCUT2D eigenvalue weighted by molar-refractivity contribution is 0.602. The molecular weight excluding hydrogens is 267 g/mol. The van der Waals surface area contributed by atoms with Gasteiger partial charge in [0.05, 0.1) is 16.3 Å². The molecule has 0 atom stereocenters. The van der Waals surface area contributed by atoms with Crippen LogP contribution in [0.2, 0.25) is 0 Å². The van der Waals surface area contributed by atoms with Crippen molar-refractivity contribution in [1.29, 1.82) is 0 Å². The van der Waals surface area contributed by atoms with E-state index in [1.165, 1.54) is 24.3 Å². The van der Waals surface area contributed by atoms with Crippen LogP contribution >= 0.6 is 0 Å². The van der Waals surface area contributed by atoms with Gasteiger partial charge in [-0.25, -0.2) is 12.8 Å². The van der Waals surface area contributed by atoms with E-state index in [0.29, 0.717) is 11.4 Å². The van der Waals surface area contributed by atoms with Crippen LogP contribution in [-0.4, -0.2) is 14.7 Å². The monoisotopic (exact) mass is 280 g/mol. The minimum atomic E-state index is -3.18. The summed E-state index contributed by atoms with van der Waals surface area (Å²) in [7, 11) is -3.18. The van der Waals surface area contributed by atoms with Gasteiger partial charge in [-0.05, 0) is 48.5 Å². The Bertz CT molecular complexity index is 652. The lowest BCUT2D eigenvalue weighted by atomic mass is 10.3. The van der Waals surface area contributed by atoms with E-state index in [9.17, 15) is 12.8 Å². The highest BCUT2D eigenvalue weighted by atomic mass is 32.2. The predicted octanol–water partition coefficient (Wildman–Crippen LogP) is 2.67. The van der Waals surface area contributed by atoms with Gasteiger partial charge in [-0.2, -0.15) is 0 Å². The topological polar surface area (TPSA) is 58.2 Å². The van der Waals surface area contributed by atoms with Gasteiger partial charge < -0.3 is 10.9 Å². The molecule has 0 unspecified atom stereocenters. The van der Waals surface area contributed by atoms with Gasteiger partial charge in [0.25, 0.3) is 0 Å². The Kier molecular flexibility index (Phi) is 3.71. The summed E-state index contributed by atoms with van der Waals surface area (Å²) in [5, 5.41) is 0. The second kappa shape index (κ2) is 5.27. The van der Waals surface area contributed by atoms with Gasteiger partial charge in [-0.3, -0.25) is 0 Å². The fourth-order valence-electron chi connectivity index (χ4n) is 1.46. The van der Waals surface area contributed by atoms with Crippen molar-refractivity contribution in [2.45, 2.75) is 4.90 Å². The third-order valence-electron chi connectivity index (χ3n) is 2.48. The van der Waals surface area contributed by atoms with Crippen molar-refractivity contribution in [2.75, 3.05) is 17.1 Å². The molecule has 0 radical (unpaired) electrons. The summed E-state index contributed by atoms with van der Waals surface area (Å²) in [4.78, 5) is 0.264. The summed E-state index contributed by atoms with van der Waals surface area (Å²) in [5.74, 6) is -0.303. The zero-order valence-corrected chi connectivity index (χ0v) is 11.0. The molecule has 19 heavy (non-hydrogen) atoms. The molecule has 0 aliphatic carbocycles. The second-order valence-corrected chi connectivity index (χ2v) is 6.07. The van der Waals surface area contributed by atoms with Crippen molar-refractivity contribution in [3.63, 3.8) is 0 Å². The van der Waals surface area contributed by atoms with Crippen LogP contribution < -0.4 is 10.9 Å². The normalized spacial score (nSPS) is 11.1. The third kappa shape index (κ3) is 3.69. The van der Waals surface area contributed by atoms with E-state index < -0.39 is 9.84 Å². The van der Waals surface area contributed by atoms with Gasteiger partial charge in [0.1, 0.15) is 5.82 Å². The van der Waals surface area contributed by atoms with E-state index in [0.717, 1.165) is 6.26 Å². The lowest BCUT2D eigenvalue weighted by Crippen LogP contribution is -2.08. The molecule has 0 aliphatic rings. The van der Waals surface area contributed by atoms with Crippen molar-refractivity contribution in [2.24, 2.45) is 0 Å². The van der Waals surface area contributed by atoms with Gasteiger partial charge >= 0.3 is 0 Å². The number of hydrogen-bond donors (Lipinski definition) is 2. The molecule has 0 heterocycles. The van der Waals surface area contributed by atoms with Crippen molar-refractivity contribution < 1.29 is 12.8 Å². The largest absolute Gasteiger partial charge is 0.301 e. The molecule has 4 nitrogen and oxygen atoms in total. The summed E-state index contributed by atoms with van der Waals surface area (Å²) in [5.41, 5.74) is 7.18. The van der Waals surface area contributed by atoms with Crippen LogP contribution in [0.5, 0.6) is 0 Å².